The fourth-order valence-corrected chi connectivity index (χ4v) is 3.52. The molecule has 0 radical (unpaired) electrons. The zero-order valence-corrected chi connectivity index (χ0v) is 17.8. The number of aromatic nitrogens is 2. The fraction of sp³-hybridized carbons (Fsp3) is 0.389. The number of halogens is 5. The van der Waals surface area contributed by atoms with Crippen LogP contribution in [0.2, 0.25) is 5.02 Å². The van der Waals surface area contributed by atoms with Gasteiger partial charge in [0, 0.05) is 29.3 Å². The zero-order chi connectivity index (χ0) is 21.7. The molecule has 1 amide bonds. The van der Waals surface area contributed by atoms with E-state index in [0.29, 0.717) is 28.4 Å². The number of nitrogens with one attached hydrogen (secondary N) is 2. The lowest BCUT2D eigenvalue weighted by atomic mass is 10.0. The number of benzene rings is 1. The van der Waals surface area contributed by atoms with Gasteiger partial charge in [-0.05, 0) is 52.9 Å². The summed E-state index contributed by atoms with van der Waals surface area (Å²) < 4.78 is 50.9. The Morgan fingerprint density at radius 3 is 2.73 bits per heavy atom. The second-order valence-electron chi connectivity index (χ2n) is 6.48. The maximum Gasteiger partial charge on any atom is 0.437 e. The number of nitrogens with zero attached hydrogens (tertiary/aromatic N) is 2. The number of amides is 1. The molecular formula is C18H17BrClF3N4O3. The molecule has 0 spiro atoms. The summed E-state index contributed by atoms with van der Waals surface area (Å²) in [6.07, 6.45) is -3.53. The molecule has 2 heterocycles. The van der Waals surface area contributed by atoms with E-state index in [4.69, 9.17) is 21.1 Å². The van der Waals surface area contributed by atoms with Gasteiger partial charge in [0.2, 0.25) is 5.95 Å². The summed E-state index contributed by atoms with van der Waals surface area (Å²) in [5.74, 6) is -0.915. The molecule has 162 valence electrons. The maximum absolute atomic E-state index is 13.5. The molecule has 1 saturated heterocycles. The molecule has 0 unspecified atom stereocenters. The first-order chi connectivity index (χ1) is 14.2. The third kappa shape index (κ3) is 6.19. The number of carbonyl (C=O) groups excluding carboxylic acids is 1. The van der Waals surface area contributed by atoms with Crippen LogP contribution >= 0.6 is 27.5 Å². The molecule has 2 N–H and O–H groups in total. The minimum Gasteiger partial charge on any atom is -0.406 e. The van der Waals surface area contributed by atoms with E-state index in [0.717, 1.165) is 19.0 Å². The number of hydrogen-bond acceptors (Lipinski definition) is 6. The molecule has 12 heteroatoms. The molecule has 0 saturated carbocycles. The minimum absolute atomic E-state index is 0.189. The van der Waals surface area contributed by atoms with Gasteiger partial charge < -0.3 is 20.1 Å². The van der Waals surface area contributed by atoms with Crippen molar-refractivity contribution in [2.45, 2.75) is 19.0 Å². The monoisotopic (exact) mass is 508 g/mol. The first-order valence-corrected chi connectivity index (χ1v) is 10.1. The molecule has 2 aromatic rings. The Morgan fingerprint density at radius 2 is 2.07 bits per heavy atom. The normalized spacial score (nSPS) is 15.0. The quantitative estimate of drug-likeness (QED) is 0.578. The van der Waals surface area contributed by atoms with Crippen molar-refractivity contribution in [1.29, 1.82) is 0 Å². The predicted molar refractivity (Wildman–Crippen MR) is 107 cm³/mol. The van der Waals surface area contributed by atoms with Crippen LogP contribution in [0.15, 0.2) is 28.9 Å². The van der Waals surface area contributed by atoms with E-state index in [9.17, 15) is 18.0 Å². The third-order valence-electron chi connectivity index (χ3n) is 4.28. The number of alkyl halides is 3. The molecule has 1 aromatic heterocycles. The van der Waals surface area contributed by atoms with Gasteiger partial charge in [-0.25, -0.2) is 14.8 Å². The Morgan fingerprint density at radius 1 is 1.33 bits per heavy atom. The van der Waals surface area contributed by atoms with Crippen molar-refractivity contribution >= 4 is 45.3 Å². The standard InChI is InChI=1S/C18H17BrClF3N4O3/c19-12-7-11(20)1-2-13(12)26-16-24-9-14(15(27-16)18(21,22)23)30-17(28)25-8-10-3-5-29-6-4-10/h1-2,7,9-10H,3-6,8H2,(H,25,28)(H,24,26,27). The highest BCUT2D eigenvalue weighted by atomic mass is 79.9. The molecule has 0 aliphatic carbocycles. The number of anilines is 2. The Hall–Kier alpha value is -2.11. The van der Waals surface area contributed by atoms with Crippen LogP contribution in [0.4, 0.5) is 29.6 Å². The van der Waals surface area contributed by atoms with Crippen LogP contribution in [0.3, 0.4) is 0 Å². The number of ether oxygens (including phenoxy) is 2. The molecule has 1 aliphatic rings. The van der Waals surface area contributed by atoms with Gasteiger partial charge >= 0.3 is 12.3 Å². The van der Waals surface area contributed by atoms with Crippen molar-refractivity contribution < 1.29 is 27.4 Å². The van der Waals surface area contributed by atoms with Gasteiger partial charge in [-0.1, -0.05) is 11.6 Å². The summed E-state index contributed by atoms with van der Waals surface area (Å²) in [6.45, 7) is 1.46. The number of hydrogen-bond donors (Lipinski definition) is 2. The van der Waals surface area contributed by atoms with Crippen LogP contribution < -0.4 is 15.4 Å². The van der Waals surface area contributed by atoms with E-state index in [1.807, 2.05) is 0 Å². The van der Waals surface area contributed by atoms with Crippen LogP contribution in [-0.4, -0.2) is 35.8 Å². The van der Waals surface area contributed by atoms with Gasteiger partial charge in [-0.3, -0.25) is 0 Å². The molecule has 7 nitrogen and oxygen atoms in total. The van der Waals surface area contributed by atoms with E-state index in [-0.39, 0.29) is 18.4 Å². The van der Waals surface area contributed by atoms with E-state index in [1.54, 1.807) is 18.2 Å². The molecular weight excluding hydrogens is 493 g/mol. The zero-order valence-electron chi connectivity index (χ0n) is 15.4. The molecule has 0 bridgehead atoms. The van der Waals surface area contributed by atoms with Gasteiger partial charge in [0.1, 0.15) is 0 Å². The van der Waals surface area contributed by atoms with Crippen LogP contribution in [-0.2, 0) is 10.9 Å². The van der Waals surface area contributed by atoms with Crippen LogP contribution in [0.5, 0.6) is 5.75 Å². The van der Waals surface area contributed by atoms with Crippen molar-refractivity contribution in [2.75, 3.05) is 25.1 Å². The van der Waals surface area contributed by atoms with E-state index < -0.39 is 23.7 Å². The highest BCUT2D eigenvalue weighted by Gasteiger charge is 2.38. The van der Waals surface area contributed by atoms with Gasteiger partial charge in [0.25, 0.3) is 0 Å². The summed E-state index contributed by atoms with van der Waals surface area (Å²) in [4.78, 5) is 19.3. The number of rotatable bonds is 5. The molecule has 1 aromatic carbocycles. The van der Waals surface area contributed by atoms with Crippen molar-refractivity contribution in [3.63, 3.8) is 0 Å². The van der Waals surface area contributed by atoms with Gasteiger partial charge in [-0.2, -0.15) is 13.2 Å². The first kappa shape index (κ1) is 22.6. The third-order valence-corrected chi connectivity index (χ3v) is 5.17. The Bertz CT molecular complexity index is 911. The SMILES string of the molecule is O=C(NCC1CCOCC1)Oc1cnc(Nc2ccc(Cl)cc2Br)nc1C(F)(F)F. The van der Waals surface area contributed by atoms with Crippen LogP contribution in [0.25, 0.3) is 0 Å². The van der Waals surface area contributed by atoms with Gasteiger partial charge in [-0.15, -0.1) is 0 Å². The van der Waals surface area contributed by atoms with Crippen LogP contribution in [0, 0.1) is 5.92 Å². The summed E-state index contributed by atoms with van der Waals surface area (Å²) in [6, 6.07) is 4.67. The summed E-state index contributed by atoms with van der Waals surface area (Å²) in [7, 11) is 0. The van der Waals surface area contributed by atoms with Crippen molar-refractivity contribution in [2.24, 2.45) is 5.92 Å². The predicted octanol–water partition coefficient (Wildman–Crippen LogP) is 5.17. The Labute approximate surface area is 183 Å². The second kappa shape index (κ2) is 9.80. The first-order valence-electron chi connectivity index (χ1n) is 8.92. The highest BCUT2D eigenvalue weighted by molar-refractivity contribution is 9.10. The van der Waals surface area contributed by atoms with Gasteiger partial charge in [0.15, 0.2) is 11.4 Å². The molecule has 1 fully saturated rings. The Kier molecular flexibility index (Phi) is 7.37. The molecule has 30 heavy (non-hydrogen) atoms. The molecule has 3 rings (SSSR count). The average molecular weight is 510 g/mol. The minimum atomic E-state index is -4.85. The topological polar surface area (TPSA) is 85.4 Å². The maximum atomic E-state index is 13.5. The lowest BCUT2D eigenvalue weighted by Gasteiger charge is -2.22. The molecule has 1 aliphatic heterocycles. The number of carbonyl (C=O) groups is 1. The second-order valence-corrected chi connectivity index (χ2v) is 7.77. The van der Waals surface area contributed by atoms with Crippen LogP contribution in [0.1, 0.15) is 18.5 Å². The van der Waals surface area contributed by atoms with Crippen molar-refractivity contribution in [1.82, 2.24) is 15.3 Å². The summed E-state index contributed by atoms with van der Waals surface area (Å²) in [5.41, 5.74) is -0.957. The van der Waals surface area contributed by atoms with E-state index >= 15 is 0 Å². The summed E-state index contributed by atoms with van der Waals surface area (Å²) >= 11 is 9.10. The van der Waals surface area contributed by atoms with Gasteiger partial charge in [0.05, 0.1) is 11.9 Å². The lowest BCUT2D eigenvalue weighted by Crippen LogP contribution is -2.34. The largest absolute Gasteiger partial charge is 0.437 e. The average Bonchev–Trinajstić information content (AvgIpc) is 2.69. The lowest BCUT2D eigenvalue weighted by molar-refractivity contribution is -0.142. The highest BCUT2D eigenvalue weighted by Crippen LogP contribution is 2.36. The fourth-order valence-electron chi connectivity index (χ4n) is 2.73. The van der Waals surface area contributed by atoms with Crippen molar-refractivity contribution in [3.8, 4) is 5.75 Å². The Balaban J connectivity index is 1.71. The smallest absolute Gasteiger partial charge is 0.406 e. The van der Waals surface area contributed by atoms with E-state index in [1.165, 1.54) is 0 Å². The summed E-state index contributed by atoms with van der Waals surface area (Å²) in [5, 5.41) is 5.58. The molecule has 0 atom stereocenters. The van der Waals surface area contributed by atoms with Crippen molar-refractivity contribution in [3.05, 3.63) is 39.6 Å². The van der Waals surface area contributed by atoms with E-state index in [2.05, 4.69) is 36.5 Å².